The van der Waals surface area contributed by atoms with Crippen LogP contribution in [0, 0.1) is 11.3 Å². The van der Waals surface area contributed by atoms with Crippen molar-refractivity contribution in [3.63, 3.8) is 0 Å². The normalized spacial score (nSPS) is 10.1. The molecule has 2 nitrogen and oxygen atoms in total. The van der Waals surface area contributed by atoms with E-state index in [9.17, 15) is 0 Å². The maximum absolute atomic E-state index is 8.77. The molecule has 0 unspecified atom stereocenters. The highest BCUT2D eigenvalue weighted by molar-refractivity contribution is 9.11. The molecule has 2 aromatic rings. The summed E-state index contributed by atoms with van der Waals surface area (Å²) >= 11 is 3.34. The van der Waals surface area contributed by atoms with E-state index in [2.05, 4.69) is 33.1 Å². The molecular formula is C12H9BrN2. The van der Waals surface area contributed by atoms with Crippen LogP contribution in [0.2, 0.25) is 0 Å². The van der Waals surface area contributed by atoms with Crippen LogP contribution >= 0.6 is 15.9 Å². The molecule has 0 aliphatic carbocycles. The van der Waals surface area contributed by atoms with Crippen molar-refractivity contribution in [1.29, 1.82) is 5.26 Å². The minimum atomic E-state index is 0.693. The Morgan fingerprint density at radius 1 is 1.47 bits per heavy atom. The highest BCUT2D eigenvalue weighted by Gasteiger charge is 2.02. The Morgan fingerprint density at radius 3 is 2.93 bits per heavy atom. The molecule has 1 aromatic heterocycles. The van der Waals surface area contributed by atoms with Gasteiger partial charge in [-0.1, -0.05) is 22.5 Å². The second kappa shape index (κ2) is 3.92. The zero-order valence-electron chi connectivity index (χ0n) is 8.07. The van der Waals surface area contributed by atoms with Gasteiger partial charge in [0, 0.05) is 21.6 Å². The molecule has 0 aliphatic heterocycles. The smallest absolute Gasteiger partial charge is 0.0991 e. The molecule has 0 fully saturated rings. The lowest BCUT2D eigenvalue weighted by atomic mass is 10.2. The molecule has 3 heteroatoms. The van der Waals surface area contributed by atoms with Gasteiger partial charge in [-0.05, 0) is 24.3 Å². The third-order valence-electron chi connectivity index (χ3n) is 2.24. The van der Waals surface area contributed by atoms with Crippen molar-refractivity contribution >= 4 is 26.8 Å². The molecular weight excluding hydrogens is 252 g/mol. The monoisotopic (exact) mass is 260 g/mol. The first-order chi connectivity index (χ1) is 7.20. The summed E-state index contributed by atoms with van der Waals surface area (Å²) in [6, 6.07) is 9.82. The molecule has 0 bridgehead atoms. The van der Waals surface area contributed by atoms with E-state index in [-0.39, 0.29) is 0 Å². The van der Waals surface area contributed by atoms with E-state index in [4.69, 9.17) is 5.26 Å². The van der Waals surface area contributed by atoms with Crippen molar-refractivity contribution in [3.8, 4) is 6.07 Å². The Kier molecular flexibility index (Phi) is 2.61. The number of fused-ring (bicyclic) bond motifs is 1. The number of hydrogen-bond donors (Lipinski definition) is 0. The molecule has 0 N–H and O–H groups in total. The molecule has 0 atom stereocenters. The fourth-order valence-corrected chi connectivity index (χ4v) is 1.86. The minimum Gasteiger partial charge on any atom is -0.343 e. The van der Waals surface area contributed by atoms with Gasteiger partial charge in [-0.15, -0.1) is 0 Å². The quantitative estimate of drug-likeness (QED) is 0.814. The minimum absolute atomic E-state index is 0.693. The number of benzene rings is 1. The predicted octanol–water partition coefficient (Wildman–Crippen LogP) is 3.42. The van der Waals surface area contributed by atoms with E-state index >= 15 is 0 Å². The number of nitriles is 1. The van der Waals surface area contributed by atoms with Crippen LogP contribution in [0.4, 0.5) is 0 Å². The third-order valence-corrected chi connectivity index (χ3v) is 2.49. The lowest BCUT2D eigenvalue weighted by Gasteiger charge is -2.03. The highest BCUT2D eigenvalue weighted by Crippen LogP contribution is 2.19. The van der Waals surface area contributed by atoms with Crippen LogP contribution < -0.4 is 0 Å². The number of allylic oxidation sites excluding steroid dienone is 1. The Bertz CT molecular complexity index is 560. The Labute approximate surface area is 96.6 Å². The molecule has 0 amide bonds. The van der Waals surface area contributed by atoms with E-state index < -0.39 is 0 Å². The van der Waals surface area contributed by atoms with Crippen LogP contribution in [0.5, 0.6) is 0 Å². The average molecular weight is 261 g/mol. The first kappa shape index (κ1) is 10.0. The lowest BCUT2D eigenvalue weighted by molar-refractivity contribution is 0.858. The zero-order valence-corrected chi connectivity index (χ0v) is 9.66. The summed E-state index contributed by atoms with van der Waals surface area (Å²) in [6.07, 6.45) is 2.00. The maximum atomic E-state index is 8.77. The molecule has 1 heterocycles. The standard InChI is InChI=1S/C12H9BrN2/c1-9(13)8-15-5-4-11-6-10(7-14)2-3-12(11)15/h2-6H,1,8H2. The Morgan fingerprint density at radius 2 is 2.27 bits per heavy atom. The van der Waals surface area contributed by atoms with Gasteiger partial charge >= 0.3 is 0 Å². The fraction of sp³-hybridized carbons (Fsp3) is 0.0833. The summed E-state index contributed by atoms with van der Waals surface area (Å²) < 4.78 is 3.03. The first-order valence-electron chi connectivity index (χ1n) is 4.53. The topological polar surface area (TPSA) is 28.7 Å². The van der Waals surface area contributed by atoms with Crippen molar-refractivity contribution in [2.75, 3.05) is 0 Å². The number of rotatable bonds is 2. The van der Waals surface area contributed by atoms with Crippen LogP contribution in [0.25, 0.3) is 10.9 Å². The first-order valence-corrected chi connectivity index (χ1v) is 5.32. The maximum Gasteiger partial charge on any atom is 0.0991 e. The number of hydrogen-bond acceptors (Lipinski definition) is 1. The number of halogens is 1. The highest BCUT2D eigenvalue weighted by atomic mass is 79.9. The van der Waals surface area contributed by atoms with Crippen LogP contribution in [0.1, 0.15) is 5.56 Å². The Balaban J connectivity index is 2.53. The van der Waals surface area contributed by atoms with Gasteiger partial charge in [-0.25, -0.2) is 0 Å². The Hall–Kier alpha value is -1.53. The molecule has 15 heavy (non-hydrogen) atoms. The molecule has 0 saturated heterocycles. The van der Waals surface area contributed by atoms with Crippen molar-refractivity contribution < 1.29 is 0 Å². The van der Waals surface area contributed by atoms with Crippen molar-refractivity contribution in [2.24, 2.45) is 0 Å². The van der Waals surface area contributed by atoms with E-state index in [0.29, 0.717) is 5.56 Å². The predicted molar refractivity (Wildman–Crippen MR) is 64.7 cm³/mol. The van der Waals surface area contributed by atoms with Crippen LogP contribution in [-0.2, 0) is 6.54 Å². The van der Waals surface area contributed by atoms with Crippen LogP contribution in [0.15, 0.2) is 41.5 Å². The second-order valence-electron chi connectivity index (χ2n) is 3.35. The van der Waals surface area contributed by atoms with Gasteiger partial charge in [-0.3, -0.25) is 0 Å². The van der Waals surface area contributed by atoms with E-state index in [1.807, 2.05) is 30.5 Å². The molecule has 2 rings (SSSR count). The average Bonchev–Trinajstić information content (AvgIpc) is 2.60. The van der Waals surface area contributed by atoms with Gasteiger partial charge in [-0.2, -0.15) is 5.26 Å². The lowest BCUT2D eigenvalue weighted by Crippen LogP contribution is -1.94. The van der Waals surface area contributed by atoms with Gasteiger partial charge in [0.1, 0.15) is 0 Å². The van der Waals surface area contributed by atoms with E-state index in [1.54, 1.807) is 0 Å². The van der Waals surface area contributed by atoms with Gasteiger partial charge < -0.3 is 4.57 Å². The van der Waals surface area contributed by atoms with Gasteiger partial charge in [0.05, 0.1) is 18.2 Å². The molecule has 0 aliphatic rings. The summed E-state index contributed by atoms with van der Waals surface area (Å²) in [6.45, 7) is 4.56. The fourth-order valence-electron chi connectivity index (χ4n) is 1.59. The van der Waals surface area contributed by atoms with Gasteiger partial charge in [0.2, 0.25) is 0 Å². The van der Waals surface area contributed by atoms with Gasteiger partial charge in [0.25, 0.3) is 0 Å². The van der Waals surface area contributed by atoms with Crippen molar-refractivity contribution in [2.45, 2.75) is 6.54 Å². The SMILES string of the molecule is C=C(Br)Cn1ccc2cc(C#N)ccc21. The molecule has 0 radical (unpaired) electrons. The number of aromatic nitrogens is 1. The largest absolute Gasteiger partial charge is 0.343 e. The summed E-state index contributed by atoms with van der Waals surface area (Å²) in [5.41, 5.74) is 1.81. The summed E-state index contributed by atoms with van der Waals surface area (Å²) in [5.74, 6) is 0. The van der Waals surface area contributed by atoms with E-state index in [1.165, 1.54) is 0 Å². The van der Waals surface area contributed by atoms with E-state index in [0.717, 1.165) is 21.9 Å². The second-order valence-corrected chi connectivity index (χ2v) is 4.47. The zero-order chi connectivity index (χ0) is 10.8. The summed E-state index contributed by atoms with van der Waals surface area (Å²) in [7, 11) is 0. The molecule has 0 spiro atoms. The van der Waals surface area contributed by atoms with Crippen molar-refractivity contribution in [1.82, 2.24) is 4.57 Å². The molecule has 1 aromatic carbocycles. The van der Waals surface area contributed by atoms with Gasteiger partial charge in [0.15, 0.2) is 0 Å². The van der Waals surface area contributed by atoms with Crippen molar-refractivity contribution in [3.05, 3.63) is 47.1 Å². The summed E-state index contributed by atoms with van der Waals surface area (Å²) in [5, 5.41) is 9.86. The third kappa shape index (κ3) is 1.95. The van der Waals surface area contributed by atoms with Crippen LogP contribution in [-0.4, -0.2) is 4.57 Å². The molecule has 0 saturated carbocycles. The molecule has 74 valence electrons. The van der Waals surface area contributed by atoms with Crippen LogP contribution in [0.3, 0.4) is 0 Å². The summed E-state index contributed by atoms with van der Waals surface area (Å²) in [4.78, 5) is 0. The number of nitrogens with zero attached hydrogens (tertiary/aromatic N) is 2.